The van der Waals surface area contributed by atoms with Crippen LogP contribution in [0.2, 0.25) is 0 Å². The Labute approximate surface area is 122 Å². The molecule has 1 aromatic rings. The second kappa shape index (κ2) is 7.62. The molecule has 0 bridgehead atoms. The molecule has 1 fully saturated rings. The van der Waals surface area contributed by atoms with Gasteiger partial charge in [-0.05, 0) is 30.7 Å². The normalized spacial score (nSPS) is 20.1. The summed E-state index contributed by atoms with van der Waals surface area (Å²) in [5.41, 5.74) is 2.46. The molecule has 0 amide bonds. The molecule has 1 aliphatic rings. The third-order valence-electron chi connectivity index (χ3n) is 3.83. The van der Waals surface area contributed by atoms with Crippen molar-refractivity contribution >= 4 is 0 Å². The smallest absolute Gasteiger partial charge is 0.121 e. The number of methoxy groups -OCH3 is 1. The SMILES string of the molecule is CCN1CCOC(CNCc2ccc(OC)c(C)c2)C1. The third-order valence-corrected chi connectivity index (χ3v) is 3.83. The Morgan fingerprint density at radius 1 is 1.45 bits per heavy atom. The molecule has 1 saturated heterocycles. The van der Waals surface area contributed by atoms with Crippen LogP contribution in [0.5, 0.6) is 5.75 Å². The van der Waals surface area contributed by atoms with E-state index in [2.05, 4.69) is 36.2 Å². The van der Waals surface area contributed by atoms with Gasteiger partial charge in [0.15, 0.2) is 0 Å². The highest BCUT2D eigenvalue weighted by atomic mass is 16.5. The lowest BCUT2D eigenvalue weighted by atomic mass is 10.1. The number of aryl methyl sites for hydroxylation is 1. The van der Waals surface area contributed by atoms with E-state index in [1.807, 2.05) is 6.07 Å². The van der Waals surface area contributed by atoms with Crippen molar-refractivity contribution in [2.24, 2.45) is 0 Å². The Bertz CT molecular complexity index is 423. The summed E-state index contributed by atoms with van der Waals surface area (Å²) in [4.78, 5) is 2.44. The van der Waals surface area contributed by atoms with Crippen LogP contribution >= 0.6 is 0 Å². The van der Waals surface area contributed by atoms with Crippen molar-refractivity contribution in [3.05, 3.63) is 29.3 Å². The molecule has 0 spiro atoms. The number of nitrogens with one attached hydrogen (secondary N) is 1. The lowest BCUT2D eigenvalue weighted by Crippen LogP contribution is -2.46. The summed E-state index contributed by atoms with van der Waals surface area (Å²) in [7, 11) is 1.71. The van der Waals surface area contributed by atoms with Crippen LogP contribution in [0.1, 0.15) is 18.1 Å². The maximum absolute atomic E-state index is 5.78. The maximum Gasteiger partial charge on any atom is 0.121 e. The van der Waals surface area contributed by atoms with E-state index in [1.165, 1.54) is 11.1 Å². The molecular weight excluding hydrogens is 252 g/mol. The molecular formula is C16H26N2O2. The summed E-state index contributed by atoms with van der Waals surface area (Å²) >= 11 is 0. The number of ether oxygens (including phenoxy) is 2. The summed E-state index contributed by atoms with van der Waals surface area (Å²) in [6.07, 6.45) is 0.308. The van der Waals surface area contributed by atoms with E-state index >= 15 is 0 Å². The number of hydrogen-bond donors (Lipinski definition) is 1. The maximum atomic E-state index is 5.78. The molecule has 0 radical (unpaired) electrons. The standard InChI is InChI=1S/C16H26N2O2/c1-4-18-7-8-20-15(12-18)11-17-10-14-5-6-16(19-3)13(2)9-14/h5-6,9,15,17H,4,7-8,10-12H2,1-3H3. The first kappa shape index (κ1) is 15.3. The van der Waals surface area contributed by atoms with E-state index < -0.39 is 0 Å². The summed E-state index contributed by atoms with van der Waals surface area (Å²) in [5, 5.41) is 3.49. The van der Waals surface area contributed by atoms with Gasteiger partial charge in [-0.3, -0.25) is 4.90 Å². The van der Waals surface area contributed by atoms with Gasteiger partial charge in [0, 0.05) is 26.2 Å². The summed E-state index contributed by atoms with van der Waals surface area (Å²) in [6.45, 7) is 10.1. The largest absolute Gasteiger partial charge is 0.496 e. The Morgan fingerprint density at radius 2 is 2.30 bits per heavy atom. The zero-order valence-electron chi connectivity index (χ0n) is 12.8. The molecule has 1 aliphatic heterocycles. The Balaban J connectivity index is 1.76. The fraction of sp³-hybridized carbons (Fsp3) is 0.625. The quantitative estimate of drug-likeness (QED) is 0.860. The minimum Gasteiger partial charge on any atom is -0.496 e. The molecule has 1 N–H and O–H groups in total. The van der Waals surface area contributed by atoms with Gasteiger partial charge in [-0.1, -0.05) is 19.1 Å². The minimum absolute atomic E-state index is 0.308. The van der Waals surface area contributed by atoms with Crippen LogP contribution in [0.4, 0.5) is 0 Å². The van der Waals surface area contributed by atoms with Gasteiger partial charge in [0.05, 0.1) is 19.8 Å². The van der Waals surface area contributed by atoms with Gasteiger partial charge in [-0.15, -0.1) is 0 Å². The number of nitrogens with zero attached hydrogens (tertiary/aromatic N) is 1. The highest BCUT2D eigenvalue weighted by Crippen LogP contribution is 2.18. The van der Waals surface area contributed by atoms with E-state index in [-0.39, 0.29) is 0 Å². The molecule has 1 heterocycles. The fourth-order valence-electron chi connectivity index (χ4n) is 2.62. The van der Waals surface area contributed by atoms with Gasteiger partial charge >= 0.3 is 0 Å². The second-order valence-corrected chi connectivity index (χ2v) is 5.32. The van der Waals surface area contributed by atoms with Gasteiger partial charge in [-0.25, -0.2) is 0 Å². The van der Waals surface area contributed by atoms with E-state index in [9.17, 15) is 0 Å². The minimum atomic E-state index is 0.308. The zero-order valence-corrected chi connectivity index (χ0v) is 12.8. The average Bonchev–Trinajstić information content (AvgIpc) is 2.48. The zero-order chi connectivity index (χ0) is 14.4. The van der Waals surface area contributed by atoms with Crippen molar-refractivity contribution in [2.45, 2.75) is 26.5 Å². The van der Waals surface area contributed by atoms with Crippen LogP contribution in [0, 0.1) is 6.92 Å². The van der Waals surface area contributed by atoms with E-state index in [4.69, 9.17) is 9.47 Å². The number of likely N-dealkylation sites (N-methyl/N-ethyl adjacent to an activating group) is 1. The summed E-state index contributed by atoms with van der Waals surface area (Å²) in [6, 6.07) is 6.31. The summed E-state index contributed by atoms with van der Waals surface area (Å²) in [5.74, 6) is 0.947. The van der Waals surface area contributed by atoms with E-state index in [0.29, 0.717) is 6.10 Å². The highest BCUT2D eigenvalue weighted by molar-refractivity contribution is 5.36. The second-order valence-electron chi connectivity index (χ2n) is 5.32. The fourth-order valence-corrected chi connectivity index (χ4v) is 2.62. The lowest BCUT2D eigenvalue weighted by Gasteiger charge is -2.32. The molecule has 0 aromatic heterocycles. The number of morpholine rings is 1. The van der Waals surface area contributed by atoms with Crippen LogP contribution in [0.15, 0.2) is 18.2 Å². The molecule has 20 heavy (non-hydrogen) atoms. The molecule has 0 aliphatic carbocycles. The molecule has 4 nitrogen and oxygen atoms in total. The third kappa shape index (κ3) is 4.20. The predicted molar refractivity (Wildman–Crippen MR) is 81.3 cm³/mol. The monoisotopic (exact) mass is 278 g/mol. The molecule has 1 unspecified atom stereocenters. The molecule has 0 saturated carbocycles. The van der Waals surface area contributed by atoms with Crippen molar-refractivity contribution < 1.29 is 9.47 Å². The number of benzene rings is 1. The van der Waals surface area contributed by atoms with Crippen LogP contribution < -0.4 is 10.1 Å². The lowest BCUT2D eigenvalue weighted by molar-refractivity contribution is -0.0253. The average molecular weight is 278 g/mol. The van der Waals surface area contributed by atoms with Crippen molar-refractivity contribution in [3.8, 4) is 5.75 Å². The van der Waals surface area contributed by atoms with Gasteiger partial charge in [0.2, 0.25) is 0 Å². The van der Waals surface area contributed by atoms with Crippen LogP contribution in [-0.4, -0.2) is 50.9 Å². The van der Waals surface area contributed by atoms with Crippen molar-refractivity contribution in [1.29, 1.82) is 0 Å². The summed E-state index contributed by atoms with van der Waals surface area (Å²) < 4.78 is 11.1. The first-order chi connectivity index (χ1) is 9.72. The molecule has 1 atom stereocenters. The Hall–Kier alpha value is -1.10. The van der Waals surface area contributed by atoms with Crippen molar-refractivity contribution in [3.63, 3.8) is 0 Å². The van der Waals surface area contributed by atoms with E-state index in [1.54, 1.807) is 7.11 Å². The van der Waals surface area contributed by atoms with E-state index in [0.717, 1.165) is 45.1 Å². The first-order valence-corrected chi connectivity index (χ1v) is 7.41. The Morgan fingerprint density at radius 3 is 3.00 bits per heavy atom. The predicted octanol–water partition coefficient (Wildman–Crippen LogP) is 1.81. The van der Waals surface area contributed by atoms with Crippen LogP contribution in [0.3, 0.4) is 0 Å². The number of rotatable bonds is 6. The topological polar surface area (TPSA) is 33.7 Å². The van der Waals surface area contributed by atoms with Gasteiger partial charge in [-0.2, -0.15) is 0 Å². The molecule has 112 valence electrons. The molecule has 2 rings (SSSR count). The van der Waals surface area contributed by atoms with Gasteiger partial charge in [0.25, 0.3) is 0 Å². The van der Waals surface area contributed by atoms with Crippen LogP contribution in [0.25, 0.3) is 0 Å². The van der Waals surface area contributed by atoms with Crippen molar-refractivity contribution in [2.75, 3.05) is 39.9 Å². The molecule has 4 heteroatoms. The first-order valence-electron chi connectivity index (χ1n) is 7.41. The van der Waals surface area contributed by atoms with Gasteiger partial charge < -0.3 is 14.8 Å². The van der Waals surface area contributed by atoms with Crippen molar-refractivity contribution in [1.82, 2.24) is 10.2 Å². The van der Waals surface area contributed by atoms with Crippen LogP contribution in [-0.2, 0) is 11.3 Å². The Kier molecular flexibility index (Phi) is 5.83. The number of hydrogen-bond acceptors (Lipinski definition) is 4. The highest BCUT2D eigenvalue weighted by Gasteiger charge is 2.18. The molecule has 1 aromatic carbocycles. The van der Waals surface area contributed by atoms with Gasteiger partial charge in [0.1, 0.15) is 5.75 Å².